The van der Waals surface area contributed by atoms with E-state index in [-0.39, 0.29) is 0 Å². The number of aromatic nitrogens is 4. The van der Waals surface area contributed by atoms with E-state index in [1.54, 1.807) is 24.2 Å². The fraction of sp³-hybridized carbons (Fsp3) is 0.500. The van der Waals surface area contributed by atoms with E-state index in [0.29, 0.717) is 0 Å². The van der Waals surface area contributed by atoms with Crippen molar-refractivity contribution in [3.8, 4) is 11.4 Å². The molecule has 0 N–H and O–H groups in total. The molecule has 0 bridgehead atoms. The third kappa shape index (κ3) is 3.80. The number of rotatable bonds is 8. The molecule has 0 aromatic carbocycles. The molecule has 0 saturated heterocycles. The lowest BCUT2D eigenvalue weighted by atomic mass is 10.2. The van der Waals surface area contributed by atoms with Gasteiger partial charge in [0.1, 0.15) is 0 Å². The predicted octanol–water partition coefficient (Wildman–Crippen LogP) is 2.88. The highest BCUT2D eigenvalue weighted by atomic mass is 32.2. The molecule has 0 aliphatic carbocycles. The van der Waals surface area contributed by atoms with Gasteiger partial charge in [0.2, 0.25) is 0 Å². The third-order valence-corrected chi connectivity index (χ3v) is 3.70. The van der Waals surface area contributed by atoms with Gasteiger partial charge in [-0.2, -0.15) is 0 Å². The maximum Gasteiger partial charge on any atom is 0.191 e. The van der Waals surface area contributed by atoms with E-state index >= 15 is 0 Å². The summed E-state index contributed by atoms with van der Waals surface area (Å²) in [5.74, 6) is 1.81. The number of thioether (sulfide) groups is 1. The lowest BCUT2D eigenvalue weighted by Crippen LogP contribution is -2.03. The molecular weight excluding hydrogens is 272 g/mol. The SMILES string of the molecule is CCCn1c(SCCOCC)nnc1-c1ccncc1. The van der Waals surface area contributed by atoms with Crippen molar-refractivity contribution in [1.29, 1.82) is 0 Å². The molecule has 0 amide bonds. The van der Waals surface area contributed by atoms with Crippen LogP contribution in [0.25, 0.3) is 11.4 Å². The molecule has 2 aromatic heterocycles. The normalized spacial score (nSPS) is 10.9. The van der Waals surface area contributed by atoms with E-state index in [1.807, 2.05) is 19.1 Å². The van der Waals surface area contributed by atoms with Gasteiger partial charge in [-0.25, -0.2) is 0 Å². The van der Waals surface area contributed by atoms with Crippen LogP contribution in [-0.4, -0.2) is 38.7 Å². The van der Waals surface area contributed by atoms with Crippen LogP contribution >= 0.6 is 11.8 Å². The molecule has 0 spiro atoms. The standard InChI is InChI=1S/C14H20N4OS/c1-3-9-18-13(12-5-7-15-8-6-12)16-17-14(18)20-11-10-19-4-2/h5-8H,3-4,9-11H2,1-2H3. The molecular formula is C14H20N4OS. The highest BCUT2D eigenvalue weighted by molar-refractivity contribution is 7.99. The monoisotopic (exact) mass is 292 g/mol. The van der Waals surface area contributed by atoms with Gasteiger partial charge < -0.3 is 9.30 Å². The minimum atomic E-state index is 0.741. The quantitative estimate of drug-likeness (QED) is 0.553. The minimum absolute atomic E-state index is 0.741. The number of nitrogens with zero attached hydrogens (tertiary/aromatic N) is 4. The average Bonchev–Trinajstić information content (AvgIpc) is 2.88. The molecule has 2 heterocycles. The van der Waals surface area contributed by atoms with Gasteiger partial charge in [0.05, 0.1) is 6.61 Å². The van der Waals surface area contributed by atoms with Crippen LogP contribution in [0.5, 0.6) is 0 Å². The Hall–Kier alpha value is -1.40. The first-order valence-electron chi connectivity index (χ1n) is 6.91. The molecule has 0 aliphatic rings. The van der Waals surface area contributed by atoms with E-state index in [0.717, 1.165) is 48.5 Å². The van der Waals surface area contributed by atoms with Gasteiger partial charge in [-0.05, 0) is 25.5 Å². The summed E-state index contributed by atoms with van der Waals surface area (Å²) in [6.45, 7) is 6.58. The van der Waals surface area contributed by atoms with E-state index in [1.165, 1.54) is 0 Å². The third-order valence-electron chi connectivity index (χ3n) is 2.77. The Morgan fingerprint density at radius 3 is 2.70 bits per heavy atom. The lowest BCUT2D eigenvalue weighted by Gasteiger charge is -2.08. The molecule has 0 saturated carbocycles. The molecule has 2 rings (SSSR count). The highest BCUT2D eigenvalue weighted by Crippen LogP contribution is 2.23. The Labute approximate surface area is 123 Å². The zero-order valence-corrected chi connectivity index (χ0v) is 12.8. The molecule has 0 unspecified atom stereocenters. The number of pyridine rings is 1. The van der Waals surface area contributed by atoms with Crippen LogP contribution in [0, 0.1) is 0 Å². The molecule has 6 heteroatoms. The van der Waals surface area contributed by atoms with Crippen molar-refractivity contribution in [3.05, 3.63) is 24.5 Å². The summed E-state index contributed by atoms with van der Waals surface area (Å²) in [5, 5.41) is 9.59. The molecule has 0 radical (unpaired) electrons. The van der Waals surface area contributed by atoms with Gasteiger partial charge in [0.25, 0.3) is 0 Å². The number of ether oxygens (including phenoxy) is 1. The van der Waals surface area contributed by atoms with Crippen molar-refractivity contribution in [2.75, 3.05) is 19.0 Å². The Kier molecular flexibility index (Phi) is 6.01. The smallest absolute Gasteiger partial charge is 0.191 e. The van der Waals surface area contributed by atoms with Gasteiger partial charge in [0.15, 0.2) is 11.0 Å². The van der Waals surface area contributed by atoms with Crippen molar-refractivity contribution in [2.45, 2.75) is 32.0 Å². The van der Waals surface area contributed by atoms with Crippen LogP contribution in [0.15, 0.2) is 29.7 Å². The Bertz CT molecular complexity index is 515. The molecule has 2 aromatic rings. The fourth-order valence-corrected chi connectivity index (χ4v) is 2.69. The number of hydrogen-bond donors (Lipinski definition) is 0. The summed E-state index contributed by atoms with van der Waals surface area (Å²) in [6, 6.07) is 3.93. The second-order valence-electron chi connectivity index (χ2n) is 4.24. The molecule has 0 atom stereocenters. The van der Waals surface area contributed by atoms with Gasteiger partial charge in [-0.15, -0.1) is 10.2 Å². The fourth-order valence-electron chi connectivity index (χ4n) is 1.87. The van der Waals surface area contributed by atoms with E-state index in [9.17, 15) is 0 Å². The van der Waals surface area contributed by atoms with Crippen molar-refractivity contribution < 1.29 is 4.74 Å². The average molecular weight is 292 g/mol. The Morgan fingerprint density at radius 2 is 2.00 bits per heavy atom. The zero-order valence-electron chi connectivity index (χ0n) is 12.0. The Morgan fingerprint density at radius 1 is 1.20 bits per heavy atom. The molecule has 0 fully saturated rings. The molecule has 20 heavy (non-hydrogen) atoms. The molecule has 108 valence electrons. The summed E-state index contributed by atoms with van der Waals surface area (Å²) in [7, 11) is 0. The second kappa shape index (κ2) is 8.01. The van der Waals surface area contributed by atoms with Gasteiger partial charge in [0, 0.05) is 36.9 Å². The van der Waals surface area contributed by atoms with Gasteiger partial charge in [-0.3, -0.25) is 4.98 Å². The minimum Gasteiger partial charge on any atom is -0.381 e. The van der Waals surface area contributed by atoms with Crippen LogP contribution in [-0.2, 0) is 11.3 Å². The summed E-state index contributed by atoms with van der Waals surface area (Å²) in [4.78, 5) is 4.04. The van der Waals surface area contributed by atoms with Crippen molar-refractivity contribution in [1.82, 2.24) is 19.7 Å². The van der Waals surface area contributed by atoms with Crippen LogP contribution in [0.2, 0.25) is 0 Å². The van der Waals surface area contributed by atoms with Crippen LogP contribution < -0.4 is 0 Å². The predicted molar refractivity (Wildman–Crippen MR) is 80.8 cm³/mol. The van der Waals surface area contributed by atoms with Crippen LogP contribution in [0.1, 0.15) is 20.3 Å². The zero-order chi connectivity index (χ0) is 14.2. The lowest BCUT2D eigenvalue weighted by molar-refractivity contribution is 0.164. The molecule has 5 nitrogen and oxygen atoms in total. The first-order chi connectivity index (χ1) is 9.86. The second-order valence-corrected chi connectivity index (χ2v) is 5.30. The van der Waals surface area contributed by atoms with E-state index in [2.05, 4.69) is 26.7 Å². The highest BCUT2D eigenvalue weighted by Gasteiger charge is 2.13. The molecule has 0 aliphatic heterocycles. The number of hydrogen-bond acceptors (Lipinski definition) is 5. The van der Waals surface area contributed by atoms with Gasteiger partial charge in [-0.1, -0.05) is 18.7 Å². The van der Waals surface area contributed by atoms with E-state index in [4.69, 9.17) is 4.74 Å². The summed E-state index contributed by atoms with van der Waals surface area (Å²) < 4.78 is 7.53. The van der Waals surface area contributed by atoms with Crippen molar-refractivity contribution in [2.24, 2.45) is 0 Å². The maximum atomic E-state index is 5.36. The topological polar surface area (TPSA) is 52.8 Å². The van der Waals surface area contributed by atoms with Crippen molar-refractivity contribution in [3.63, 3.8) is 0 Å². The van der Waals surface area contributed by atoms with E-state index < -0.39 is 0 Å². The summed E-state index contributed by atoms with van der Waals surface area (Å²) in [5.41, 5.74) is 1.05. The summed E-state index contributed by atoms with van der Waals surface area (Å²) >= 11 is 1.69. The Balaban J connectivity index is 2.15. The maximum absolute atomic E-state index is 5.36. The van der Waals surface area contributed by atoms with Crippen LogP contribution in [0.3, 0.4) is 0 Å². The summed E-state index contributed by atoms with van der Waals surface area (Å²) in [6.07, 6.45) is 4.61. The van der Waals surface area contributed by atoms with Crippen molar-refractivity contribution >= 4 is 11.8 Å². The largest absolute Gasteiger partial charge is 0.381 e. The first-order valence-corrected chi connectivity index (χ1v) is 7.89. The van der Waals surface area contributed by atoms with Gasteiger partial charge >= 0.3 is 0 Å². The van der Waals surface area contributed by atoms with Crippen LogP contribution in [0.4, 0.5) is 0 Å². The first kappa shape index (κ1) is 15.0.